The molecule has 0 N–H and O–H groups in total. The first-order valence-corrected chi connectivity index (χ1v) is 17.2. The molecule has 1 aliphatic carbocycles. The van der Waals surface area contributed by atoms with E-state index in [1.807, 2.05) is 31.2 Å². The Labute approximate surface area is 321 Å². The van der Waals surface area contributed by atoms with E-state index in [2.05, 4.69) is 32.1 Å². The zero-order valence-electron chi connectivity index (χ0n) is 30.2. The van der Waals surface area contributed by atoms with Gasteiger partial charge in [0.15, 0.2) is 0 Å². The lowest BCUT2D eigenvalue weighted by atomic mass is 9.99. The Morgan fingerprint density at radius 3 is 1.27 bits per heavy atom. The van der Waals surface area contributed by atoms with Crippen molar-refractivity contribution in [2.75, 3.05) is 13.6 Å². The highest BCUT2D eigenvalue weighted by Crippen LogP contribution is 2.47. The van der Waals surface area contributed by atoms with Crippen LogP contribution in [0.2, 0.25) is 0 Å². The lowest BCUT2D eigenvalue weighted by Gasteiger charge is -2.10. The molecule has 0 radical (unpaired) electrons. The van der Waals surface area contributed by atoms with E-state index >= 15 is 0 Å². The van der Waals surface area contributed by atoms with Gasteiger partial charge >= 0.3 is 36.2 Å². The van der Waals surface area contributed by atoms with E-state index in [0.717, 1.165) is 45.5 Å². The van der Waals surface area contributed by atoms with Crippen molar-refractivity contribution in [3.63, 3.8) is 0 Å². The Kier molecular flexibility index (Phi) is 13.7. The number of fused-ring (bicyclic) bond motifs is 3. The summed E-state index contributed by atoms with van der Waals surface area (Å²) in [6, 6.07) is 23.9. The standard InChI is InChI=1S/C42H36O14/c1-4-37(43)49-24-51-41(47)55-29-12-6-27(7-13-29)10-20-39(45)53-31-16-18-33-34-19-17-32(23-36(34)26(3)35(33)22-31)54-40(46)21-11-28-8-14-30(15-9-28)56-42(48)52-25-50-38(44)5-2/h4-9,12-19,22-23,26H,1-2,10-11,20-21,24-25H2,3H3. The number of carbonyl (C=O) groups is 6. The molecular weight excluding hydrogens is 728 g/mol. The van der Waals surface area contributed by atoms with Crippen molar-refractivity contribution in [3.05, 3.63) is 132 Å². The first kappa shape index (κ1) is 40.0. The number of ether oxygens (including phenoxy) is 8. The van der Waals surface area contributed by atoms with Crippen LogP contribution in [0.1, 0.15) is 47.9 Å². The highest BCUT2D eigenvalue weighted by atomic mass is 16.8. The van der Waals surface area contributed by atoms with Crippen molar-refractivity contribution in [2.45, 2.75) is 38.5 Å². The fourth-order valence-electron chi connectivity index (χ4n) is 5.53. The number of esters is 4. The fourth-order valence-corrected chi connectivity index (χ4v) is 5.53. The Hall–Kier alpha value is -7.22. The molecular formula is C42H36O14. The third kappa shape index (κ3) is 11.4. The summed E-state index contributed by atoms with van der Waals surface area (Å²) in [4.78, 5) is 70.9. The summed E-state index contributed by atoms with van der Waals surface area (Å²) in [6.45, 7) is 7.27. The van der Waals surface area contributed by atoms with Crippen LogP contribution in [0.25, 0.3) is 11.1 Å². The number of aryl methyl sites for hydroxylation is 2. The summed E-state index contributed by atoms with van der Waals surface area (Å²) in [5, 5.41) is 0. The van der Waals surface area contributed by atoms with Gasteiger partial charge < -0.3 is 37.9 Å². The highest BCUT2D eigenvalue weighted by molar-refractivity contribution is 5.83. The maximum atomic E-state index is 12.7. The number of hydrogen-bond acceptors (Lipinski definition) is 14. The normalized spacial score (nSPS) is 11.2. The van der Waals surface area contributed by atoms with Crippen molar-refractivity contribution in [1.82, 2.24) is 0 Å². The minimum atomic E-state index is -1.05. The second-order valence-electron chi connectivity index (χ2n) is 12.0. The molecule has 0 unspecified atom stereocenters. The average molecular weight is 765 g/mol. The molecule has 0 fully saturated rings. The molecule has 0 heterocycles. The fraction of sp³-hybridized carbons (Fsp3) is 0.190. The van der Waals surface area contributed by atoms with Crippen LogP contribution in [0.4, 0.5) is 9.59 Å². The summed E-state index contributed by atoms with van der Waals surface area (Å²) in [5.74, 6) is -1.15. The van der Waals surface area contributed by atoms with Crippen molar-refractivity contribution in [2.24, 2.45) is 0 Å². The molecule has 1 aliphatic rings. The summed E-state index contributed by atoms with van der Waals surface area (Å²) >= 11 is 0. The van der Waals surface area contributed by atoms with Gasteiger partial charge in [-0.1, -0.05) is 56.5 Å². The molecule has 0 saturated heterocycles. The Morgan fingerprint density at radius 2 is 0.893 bits per heavy atom. The van der Waals surface area contributed by atoms with Crippen LogP contribution < -0.4 is 18.9 Å². The van der Waals surface area contributed by atoms with Crippen LogP contribution >= 0.6 is 0 Å². The van der Waals surface area contributed by atoms with Crippen molar-refractivity contribution in [3.8, 4) is 34.1 Å². The quantitative estimate of drug-likeness (QED) is 0.0365. The SMILES string of the molecule is C=CC(=O)OCOC(=O)Oc1ccc(CCC(=O)Oc2ccc3c(c2)C(C)c2cc(OC(=O)CCc4ccc(OC(=O)OCOC(=O)C=C)cc4)ccc2-3)cc1. The minimum absolute atomic E-state index is 0.0577. The average Bonchev–Trinajstić information content (AvgIpc) is 3.46. The molecule has 0 spiro atoms. The van der Waals surface area contributed by atoms with Gasteiger partial charge in [0.2, 0.25) is 13.6 Å². The molecule has 0 bridgehead atoms. The molecule has 0 aliphatic heterocycles. The van der Waals surface area contributed by atoms with Crippen molar-refractivity contribution >= 4 is 36.2 Å². The number of rotatable bonds is 16. The second kappa shape index (κ2) is 19.2. The van der Waals surface area contributed by atoms with Crippen LogP contribution in [-0.4, -0.2) is 49.8 Å². The third-order valence-corrected chi connectivity index (χ3v) is 8.31. The first-order valence-electron chi connectivity index (χ1n) is 17.2. The lowest BCUT2D eigenvalue weighted by molar-refractivity contribution is -0.147. The molecule has 0 saturated carbocycles. The topological polar surface area (TPSA) is 176 Å². The summed E-state index contributed by atoms with van der Waals surface area (Å²) < 4.78 is 39.7. The summed E-state index contributed by atoms with van der Waals surface area (Å²) in [5.41, 5.74) is 5.55. The predicted octanol–water partition coefficient (Wildman–Crippen LogP) is 7.30. The molecule has 14 nitrogen and oxygen atoms in total. The van der Waals surface area contributed by atoms with E-state index in [1.54, 1.807) is 60.7 Å². The molecule has 4 aromatic carbocycles. The summed E-state index contributed by atoms with van der Waals surface area (Å²) in [7, 11) is 0. The molecule has 14 heteroatoms. The van der Waals surface area contributed by atoms with E-state index in [-0.39, 0.29) is 30.3 Å². The molecule has 4 aromatic rings. The van der Waals surface area contributed by atoms with Gasteiger partial charge in [-0.3, -0.25) is 9.59 Å². The zero-order valence-corrected chi connectivity index (χ0v) is 30.2. The van der Waals surface area contributed by atoms with Crippen LogP contribution in [-0.2, 0) is 51.0 Å². The second-order valence-corrected chi connectivity index (χ2v) is 12.0. The minimum Gasteiger partial charge on any atom is -0.427 e. The van der Waals surface area contributed by atoms with Gasteiger partial charge in [0.25, 0.3) is 0 Å². The predicted molar refractivity (Wildman–Crippen MR) is 197 cm³/mol. The molecule has 56 heavy (non-hydrogen) atoms. The van der Waals surface area contributed by atoms with Gasteiger partial charge in [-0.05, 0) is 94.8 Å². The smallest absolute Gasteiger partial charge is 0.427 e. The van der Waals surface area contributed by atoms with Crippen molar-refractivity contribution in [1.29, 1.82) is 0 Å². The monoisotopic (exact) mass is 764 g/mol. The van der Waals surface area contributed by atoms with Crippen LogP contribution in [0.3, 0.4) is 0 Å². The lowest BCUT2D eigenvalue weighted by Crippen LogP contribution is -2.14. The molecule has 5 rings (SSSR count). The number of carbonyl (C=O) groups excluding carboxylic acids is 6. The Balaban J connectivity index is 1.06. The molecule has 0 aromatic heterocycles. The van der Waals surface area contributed by atoms with Crippen molar-refractivity contribution < 1.29 is 66.7 Å². The van der Waals surface area contributed by atoms with Crippen LogP contribution in [0.15, 0.2) is 110 Å². The zero-order chi connectivity index (χ0) is 40.0. The van der Waals surface area contributed by atoms with E-state index in [0.29, 0.717) is 24.3 Å². The Morgan fingerprint density at radius 1 is 0.518 bits per heavy atom. The van der Waals surface area contributed by atoms with Gasteiger partial charge in [0.1, 0.15) is 23.0 Å². The molecule has 288 valence electrons. The van der Waals surface area contributed by atoms with Crippen LogP contribution in [0, 0.1) is 0 Å². The van der Waals surface area contributed by atoms with Gasteiger partial charge in [-0.25, -0.2) is 19.2 Å². The largest absolute Gasteiger partial charge is 0.516 e. The van der Waals surface area contributed by atoms with Gasteiger partial charge in [-0.15, -0.1) is 0 Å². The van der Waals surface area contributed by atoms with E-state index in [4.69, 9.17) is 18.9 Å². The highest BCUT2D eigenvalue weighted by Gasteiger charge is 2.27. The molecule has 0 atom stereocenters. The maximum absolute atomic E-state index is 12.7. The van der Waals surface area contributed by atoms with Gasteiger partial charge in [0.05, 0.1) is 0 Å². The van der Waals surface area contributed by atoms with Gasteiger partial charge in [0, 0.05) is 30.9 Å². The first-order chi connectivity index (χ1) is 27.0. The summed E-state index contributed by atoms with van der Waals surface area (Å²) in [6.07, 6.45) is 0.742. The number of benzene rings is 4. The maximum Gasteiger partial charge on any atom is 0.516 e. The Bertz CT molecular complexity index is 1970. The van der Waals surface area contributed by atoms with E-state index in [9.17, 15) is 28.8 Å². The van der Waals surface area contributed by atoms with Crippen LogP contribution in [0.5, 0.6) is 23.0 Å². The number of hydrogen-bond donors (Lipinski definition) is 0. The van der Waals surface area contributed by atoms with Gasteiger partial charge in [-0.2, -0.15) is 0 Å². The third-order valence-electron chi connectivity index (χ3n) is 8.31. The van der Waals surface area contributed by atoms with E-state index in [1.165, 1.54) is 0 Å². The van der Waals surface area contributed by atoms with E-state index < -0.39 is 49.8 Å². The molecule has 0 amide bonds.